The maximum Gasteiger partial charge on any atom is 0.332 e. The molecule has 0 saturated heterocycles. The normalized spacial score (nSPS) is 15.6. The van der Waals surface area contributed by atoms with Crippen LogP contribution >= 0.6 is 0 Å². The molecule has 234 valence electrons. The second-order valence-electron chi connectivity index (χ2n) is 10.7. The number of hydrogen-bond donors (Lipinski definition) is 0. The van der Waals surface area contributed by atoms with Gasteiger partial charge in [-0.2, -0.15) is 0 Å². The quantitative estimate of drug-likeness (QED) is 0.170. The molecule has 0 N–H and O–H groups in total. The summed E-state index contributed by atoms with van der Waals surface area (Å²) in [6, 6.07) is 15.0. The molecular weight excluding hydrogens is 536 g/mol. The lowest BCUT2D eigenvalue weighted by molar-refractivity contribution is -0.162. The van der Waals surface area contributed by atoms with E-state index in [1.54, 1.807) is 0 Å². The predicted molar refractivity (Wildman–Crippen MR) is 163 cm³/mol. The minimum atomic E-state index is -0.910. The van der Waals surface area contributed by atoms with E-state index in [1.165, 1.54) is 38.5 Å². The summed E-state index contributed by atoms with van der Waals surface area (Å²) >= 11 is 0. The van der Waals surface area contributed by atoms with Crippen LogP contribution in [0.4, 0.5) is 0 Å². The van der Waals surface area contributed by atoms with Crippen molar-refractivity contribution in [2.45, 2.75) is 83.7 Å². The van der Waals surface area contributed by atoms with Gasteiger partial charge in [0.05, 0.1) is 19.8 Å². The molecule has 0 bridgehead atoms. The summed E-state index contributed by atoms with van der Waals surface area (Å²) in [6.07, 6.45) is 10.9. The van der Waals surface area contributed by atoms with E-state index in [2.05, 4.69) is 13.8 Å². The zero-order valence-corrected chi connectivity index (χ0v) is 25.6. The van der Waals surface area contributed by atoms with E-state index < -0.39 is 5.60 Å². The van der Waals surface area contributed by atoms with Gasteiger partial charge in [-0.1, -0.05) is 89.5 Å². The molecule has 0 saturated carbocycles. The molecule has 2 aromatic rings. The Bertz CT molecular complexity index is 955. The molecule has 1 aliphatic rings. The van der Waals surface area contributed by atoms with Crippen molar-refractivity contribution in [1.29, 1.82) is 0 Å². The number of ether oxygens (including phenoxy) is 7. The van der Waals surface area contributed by atoms with Gasteiger partial charge in [0, 0.05) is 0 Å². The molecule has 0 unspecified atom stereocenters. The van der Waals surface area contributed by atoms with E-state index in [0.717, 1.165) is 19.3 Å². The molecule has 42 heavy (non-hydrogen) atoms. The van der Waals surface area contributed by atoms with Gasteiger partial charge in [0.25, 0.3) is 0 Å². The van der Waals surface area contributed by atoms with Gasteiger partial charge in [-0.3, -0.25) is 0 Å². The third-order valence-corrected chi connectivity index (χ3v) is 7.11. The first-order chi connectivity index (χ1) is 20.7. The van der Waals surface area contributed by atoms with E-state index in [4.69, 9.17) is 33.2 Å². The van der Waals surface area contributed by atoms with E-state index in [9.17, 15) is 4.79 Å². The molecule has 0 aromatic heterocycles. The summed E-state index contributed by atoms with van der Waals surface area (Å²) in [6.45, 7) is 6.42. The Labute approximate surface area is 251 Å². The van der Waals surface area contributed by atoms with Crippen LogP contribution in [0.25, 0.3) is 0 Å². The van der Waals surface area contributed by atoms with Crippen molar-refractivity contribution in [2.75, 3.05) is 52.9 Å². The third kappa shape index (κ3) is 12.5. The van der Waals surface area contributed by atoms with Gasteiger partial charge in [-0.15, -0.1) is 0 Å². The molecule has 2 aromatic carbocycles. The molecule has 0 aliphatic carbocycles. The molecule has 0 amide bonds. The van der Waals surface area contributed by atoms with E-state index in [-0.39, 0.29) is 25.8 Å². The minimum absolute atomic E-state index is 0.159. The van der Waals surface area contributed by atoms with Crippen molar-refractivity contribution in [3.63, 3.8) is 0 Å². The van der Waals surface area contributed by atoms with Gasteiger partial charge in [0.2, 0.25) is 0 Å². The number of unbranched alkanes of at least 4 members (excludes halogenated alkanes) is 7. The van der Waals surface area contributed by atoms with Crippen molar-refractivity contribution < 1.29 is 38.0 Å². The molecule has 0 fully saturated rings. The molecule has 1 aliphatic heterocycles. The number of para-hydroxylation sites is 4. The summed E-state index contributed by atoms with van der Waals surface area (Å²) in [5.74, 6) is 2.04. The van der Waals surface area contributed by atoms with Crippen LogP contribution in [0.2, 0.25) is 0 Å². The third-order valence-electron chi connectivity index (χ3n) is 7.11. The highest BCUT2D eigenvalue weighted by molar-refractivity contribution is 5.70. The Kier molecular flexibility index (Phi) is 16.0. The van der Waals surface area contributed by atoms with Gasteiger partial charge < -0.3 is 33.2 Å². The highest BCUT2D eigenvalue weighted by Crippen LogP contribution is 2.32. The lowest BCUT2D eigenvalue weighted by atomic mass is 9.99. The number of hydrogen-bond acceptors (Lipinski definition) is 8. The summed E-state index contributed by atoms with van der Waals surface area (Å²) < 4.78 is 41.9. The Balaban J connectivity index is 1.64. The predicted octanol–water partition coefficient (Wildman–Crippen LogP) is 7.17. The molecule has 1 heterocycles. The fourth-order valence-corrected chi connectivity index (χ4v) is 4.79. The van der Waals surface area contributed by atoms with E-state index >= 15 is 0 Å². The molecule has 8 nitrogen and oxygen atoms in total. The van der Waals surface area contributed by atoms with Gasteiger partial charge >= 0.3 is 5.97 Å². The monoisotopic (exact) mass is 586 g/mol. The maximum absolute atomic E-state index is 12.7. The van der Waals surface area contributed by atoms with Crippen LogP contribution in [-0.2, 0) is 19.0 Å². The summed E-state index contributed by atoms with van der Waals surface area (Å²) in [7, 11) is 0. The number of benzene rings is 2. The average molecular weight is 587 g/mol. The van der Waals surface area contributed by atoms with Crippen molar-refractivity contribution in [2.24, 2.45) is 0 Å². The average Bonchev–Trinajstić information content (AvgIpc) is 3.01. The first-order valence-corrected chi connectivity index (χ1v) is 15.7. The fourth-order valence-electron chi connectivity index (χ4n) is 4.79. The molecule has 3 rings (SSSR count). The minimum Gasteiger partial charge on any atom is -0.487 e. The van der Waals surface area contributed by atoms with Crippen LogP contribution in [0.1, 0.15) is 78.1 Å². The Hall–Kier alpha value is -2.97. The van der Waals surface area contributed by atoms with Gasteiger partial charge in [0.15, 0.2) is 23.0 Å². The van der Waals surface area contributed by atoms with Crippen LogP contribution in [0.15, 0.2) is 48.5 Å². The maximum atomic E-state index is 12.7. The SMILES string of the molecule is CCCCCCCCCCOC(=O)COC1(CCC)COc2ccccc2OCCOCCOc2ccccc2OC1. The second kappa shape index (κ2) is 20.0. The highest BCUT2D eigenvalue weighted by atomic mass is 16.6. The van der Waals surface area contributed by atoms with Crippen LogP contribution in [0.3, 0.4) is 0 Å². The summed E-state index contributed by atoms with van der Waals surface area (Å²) in [5.41, 5.74) is -0.910. The molecule has 8 heteroatoms. The number of rotatable bonds is 14. The Morgan fingerprint density at radius 1 is 0.667 bits per heavy atom. The highest BCUT2D eigenvalue weighted by Gasteiger charge is 2.35. The molecule has 0 spiro atoms. The van der Waals surface area contributed by atoms with Gasteiger partial charge in [-0.05, 0) is 37.1 Å². The second-order valence-corrected chi connectivity index (χ2v) is 10.7. The first kappa shape index (κ1) is 33.5. The number of carbonyl (C=O) groups excluding carboxylic acids is 1. The van der Waals surface area contributed by atoms with Crippen LogP contribution in [0.5, 0.6) is 23.0 Å². The van der Waals surface area contributed by atoms with Crippen LogP contribution in [-0.4, -0.2) is 64.4 Å². The lowest BCUT2D eigenvalue weighted by Crippen LogP contribution is -2.46. The fraction of sp³-hybridized carbons (Fsp3) is 0.618. The topological polar surface area (TPSA) is 81.7 Å². The first-order valence-electron chi connectivity index (χ1n) is 15.7. The van der Waals surface area contributed by atoms with Crippen molar-refractivity contribution in [3.05, 3.63) is 48.5 Å². The van der Waals surface area contributed by atoms with Crippen LogP contribution < -0.4 is 18.9 Å². The lowest BCUT2D eigenvalue weighted by Gasteiger charge is -2.33. The largest absolute Gasteiger partial charge is 0.487 e. The van der Waals surface area contributed by atoms with Crippen molar-refractivity contribution >= 4 is 5.97 Å². The molecular formula is C34H50O8. The standard InChI is InChI=1S/C34H50O8/c1-3-5-6-7-8-9-10-15-21-39-33(35)26-42-34(20-4-2)27-40-31-18-13-11-16-29(31)37-24-22-36-23-25-38-30-17-12-14-19-32(30)41-28-34/h11-14,16-19H,3-10,15,20-28H2,1-2H3. The molecule has 0 atom stereocenters. The molecule has 0 radical (unpaired) electrons. The summed E-state index contributed by atoms with van der Waals surface area (Å²) in [5, 5.41) is 0. The van der Waals surface area contributed by atoms with Crippen molar-refractivity contribution in [3.8, 4) is 23.0 Å². The summed E-state index contributed by atoms with van der Waals surface area (Å²) in [4.78, 5) is 12.7. The van der Waals surface area contributed by atoms with Crippen LogP contribution in [0, 0.1) is 0 Å². The number of carbonyl (C=O) groups is 1. The van der Waals surface area contributed by atoms with Crippen molar-refractivity contribution in [1.82, 2.24) is 0 Å². The zero-order chi connectivity index (χ0) is 29.7. The van der Waals surface area contributed by atoms with Gasteiger partial charge in [0.1, 0.15) is 38.6 Å². The smallest absolute Gasteiger partial charge is 0.332 e. The van der Waals surface area contributed by atoms with E-state index in [1.807, 2.05) is 48.5 Å². The number of esters is 1. The Morgan fingerprint density at radius 2 is 1.17 bits per heavy atom. The number of fused-ring (bicyclic) bond motifs is 2. The van der Waals surface area contributed by atoms with Gasteiger partial charge in [-0.25, -0.2) is 4.79 Å². The Morgan fingerprint density at radius 3 is 1.69 bits per heavy atom. The zero-order valence-electron chi connectivity index (χ0n) is 25.6. The van der Waals surface area contributed by atoms with E-state index in [0.29, 0.717) is 62.5 Å².